The number of carbonyl (C=O) groups excluding carboxylic acids is 2. The van der Waals surface area contributed by atoms with Crippen molar-refractivity contribution in [2.45, 2.75) is 50.5 Å². The van der Waals surface area contributed by atoms with Crippen LogP contribution in [0.2, 0.25) is 0 Å². The number of amides is 3. The molecule has 0 spiro atoms. The topological polar surface area (TPSA) is 78.0 Å². The van der Waals surface area contributed by atoms with E-state index in [1.165, 1.54) is 11.0 Å². The lowest BCUT2D eigenvalue weighted by molar-refractivity contribution is -0.132. The minimum Gasteiger partial charge on any atom is -0.338 e. The van der Waals surface area contributed by atoms with E-state index in [0.29, 0.717) is 6.54 Å². The van der Waals surface area contributed by atoms with Crippen LogP contribution in [0, 0.1) is 0 Å². The molecule has 2 aliphatic rings. The van der Waals surface area contributed by atoms with Crippen molar-refractivity contribution < 1.29 is 18.0 Å². The highest BCUT2D eigenvalue weighted by Crippen LogP contribution is 2.37. The number of benzene rings is 2. The molecule has 31 heavy (non-hydrogen) atoms. The van der Waals surface area contributed by atoms with Crippen LogP contribution in [0.25, 0.3) is 0 Å². The number of anilines is 2. The summed E-state index contributed by atoms with van der Waals surface area (Å²) in [6, 6.07) is 12.6. The van der Waals surface area contributed by atoms with Crippen LogP contribution in [-0.4, -0.2) is 44.4 Å². The summed E-state index contributed by atoms with van der Waals surface area (Å²) in [5.74, 6) is -0.170. The van der Waals surface area contributed by atoms with Gasteiger partial charge < -0.3 is 4.90 Å². The van der Waals surface area contributed by atoms with Gasteiger partial charge >= 0.3 is 6.03 Å². The number of hydrogen-bond donors (Lipinski definition) is 0. The Labute approximate surface area is 183 Å². The number of aryl methyl sites for hydroxylation is 1. The average Bonchev–Trinajstić information content (AvgIpc) is 2.77. The standard InChI is InChI=1S/C23H27N3O4S/c1-3-18-11-13-19(14-12-18)26-23(28)25(16-22(27)24-15-7-6-8-17(24)2)20-9-4-5-10-21(20)31(26,29)30/h4-5,9-14,17H,3,6-8,15-16H2,1-2H3/t17-/m1/s1. The highest BCUT2D eigenvalue weighted by atomic mass is 32.2. The van der Waals surface area contributed by atoms with Crippen LogP contribution >= 0.6 is 0 Å². The summed E-state index contributed by atoms with van der Waals surface area (Å²) in [7, 11) is -4.09. The molecule has 0 aliphatic carbocycles. The van der Waals surface area contributed by atoms with Crippen LogP contribution in [0.5, 0.6) is 0 Å². The zero-order chi connectivity index (χ0) is 22.2. The van der Waals surface area contributed by atoms with Gasteiger partial charge in [0.25, 0.3) is 10.0 Å². The molecule has 1 fully saturated rings. The third kappa shape index (κ3) is 3.80. The van der Waals surface area contributed by atoms with E-state index in [0.717, 1.165) is 35.6 Å². The van der Waals surface area contributed by atoms with Gasteiger partial charge in [-0.1, -0.05) is 31.2 Å². The maximum absolute atomic E-state index is 13.5. The first-order valence-electron chi connectivity index (χ1n) is 10.7. The van der Waals surface area contributed by atoms with Crippen molar-refractivity contribution in [1.29, 1.82) is 0 Å². The van der Waals surface area contributed by atoms with Gasteiger partial charge in [0.2, 0.25) is 5.91 Å². The van der Waals surface area contributed by atoms with Crippen molar-refractivity contribution in [3.63, 3.8) is 0 Å². The Bertz CT molecular complexity index is 1100. The summed E-state index contributed by atoms with van der Waals surface area (Å²) in [5, 5.41) is 0. The number of likely N-dealkylation sites (tertiary alicyclic amines) is 1. The van der Waals surface area contributed by atoms with Crippen molar-refractivity contribution in [2.24, 2.45) is 0 Å². The van der Waals surface area contributed by atoms with Crippen molar-refractivity contribution in [3.05, 3.63) is 54.1 Å². The molecule has 3 amide bonds. The first-order chi connectivity index (χ1) is 14.8. The monoisotopic (exact) mass is 441 g/mol. The zero-order valence-electron chi connectivity index (χ0n) is 17.8. The third-order valence-corrected chi connectivity index (χ3v) is 7.82. The zero-order valence-corrected chi connectivity index (χ0v) is 18.6. The van der Waals surface area contributed by atoms with E-state index in [1.54, 1.807) is 35.2 Å². The van der Waals surface area contributed by atoms with E-state index < -0.39 is 16.1 Å². The summed E-state index contributed by atoms with van der Waals surface area (Å²) < 4.78 is 27.5. The molecule has 1 saturated heterocycles. The number of rotatable bonds is 4. The number of carbonyl (C=O) groups is 2. The molecule has 1 atom stereocenters. The SMILES string of the molecule is CCc1ccc(N2C(=O)N(CC(=O)N3CCCC[C@H]3C)c3ccccc3S2(=O)=O)cc1. The number of fused-ring (bicyclic) bond motifs is 1. The lowest BCUT2D eigenvalue weighted by atomic mass is 10.0. The van der Waals surface area contributed by atoms with Gasteiger partial charge in [-0.25, -0.2) is 13.2 Å². The van der Waals surface area contributed by atoms with Crippen LogP contribution in [0.1, 0.15) is 38.7 Å². The minimum atomic E-state index is -4.09. The molecule has 2 aromatic carbocycles. The summed E-state index contributed by atoms with van der Waals surface area (Å²) in [4.78, 5) is 29.6. The lowest BCUT2D eigenvalue weighted by Gasteiger charge is -2.38. The Kier molecular flexibility index (Phi) is 5.75. The predicted molar refractivity (Wildman–Crippen MR) is 120 cm³/mol. The van der Waals surface area contributed by atoms with E-state index in [4.69, 9.17) is 0 Å². The molecule has 2 aromatic rings. The molecule has 0 radical (unpaired) electrons. The first-order valence-corrected chi connectivity index (χ1v) is 12.1. The molecule has 2 heterocycles. The molecule has 2 aliphatic heterocycles. The van der Waals surface area contributed by atoms with Gasteiger partial charge in [-0.3, -0.25) is 9.69 Å². The van der Waals surface area contributed by atoms with Gasteiger partial charge in [0.1, 0.15) is 11.4 Å². The van der Waals surface area contributed by atoms with Gasteiger partial charge in [-0.2, -0.15) is 4.31 Å². The lowest BCUT2D eigenvalue weighted by Crippen LogP contribution is -2.55. The second kappa shape index (κ2) is 8.34. The fourth-order valence-corrected chi connectivity index (χ4v) is 5.87. The molecule has 0 saturated carbocycles. The van der Waals surface area contributed by atoms with Gasteiger partial charge in [-0.15, -0.1) is 0 Å². The van der Waals surface area contributed by atoms with Gasteiger partial charge in [0, 0.05) is 12.6 Å². The molecule has 0 bridgehead atoms. The van der Waals surface area contributed by atoms with Crippen LogP contribution in [0.15, 0.2) is 53.4 Å². The molecule has 0 unspecified atom stereocenters. The quantitative estimate of drug-likeness (QED) is 0.723. The number of urea groups is 1. The highest BCUT2D eigenvalue weighted by molar-refractivity contribution is 7.94. The summed E-state index contributed by atoms with van der Waals surface area (Å²) in [6.45, 7) is 4.47. The molecule has 7 nitrogen and oxygen atoms in total. The van der Waals surface area contributed by atoms with Crippen LogP contribution in [-0.2, 0) is 21.2 Å². The van der Waals surface area contributed by atoms with E-state index in [2.05, 4.69) is 0 Å². The Morgan fingerprint density at radius 1 is 1.06 bits per heavy atom. The molecule has 0 N–H and O–H groups in total. The Hall–Kier alpha value is -2.87. The molecule has 164 valence electrons. The third-order valence-electron chi connectivity index (χ3n) is 6.07. The molecule has 4 rings (SSSR count). The summed E-state index contributed by atoms with van der Waals surface area (Å²) in [5.41, 5.74) is 1.55. The van der Waals surface area contributed by atoms with Gasteiger partial charge in [0.05, 0.1) is 11.4 Å². The van der Waals surface area contributed by atoms with Crippen molar-refractivity contribution >= 4 is 33.3 Å². The molecular weight excluding hydrogens is 414 g/mol. The molecule has 0 aromatic heterocycles. The van der Waals surface area contributed by atoms with Crippen molar-refractivity contribution in [3.8, 4) is 0 Å². The van der Waals surface area contributed by atoms with E-state index in [1.807, 2.05) is 26.0 Å². The summed E-state index contributed by atoms with van der Waals surface area (Å²) in [6.07, 6.45) is 3.75. The number of sulfonamides is 1. The van der Waals surface area contributed by atoms with E-state index >= 15 is 0 Å². The number of hydrogen-bond acceptors (Lipinski definition) is 4. The fourth-order valence-electron chi connectivity index (χ4n) is 4.28. The van der Waals surface area contributed by atoms with Crippen molar-refractivity contribution in [1.82, 2.24) is 4.90 Å². The minimum absolute atomic E-state index is 0.0219. The number of nitrogens with zero attached hydrogens (tertiary/aromatic N) is 3. The maximum atomic E-state index is 13.5. The second-order valence-electron chi connectivity index (χ2n) is 8.06. The number of piperidine rings is 1. The average molecular weight is 442 g/mol. The van der Waals surface area contributed by atoms with Crippen LogP contribution in [0.4, 0.5) is 16.2 Å². The highest BCUT2D eigenvalue weighted by Gasteiger charge is 2.43. The normalized spacial score (nSPS) is 20.5. The van der Waals surface area contributed by atoms with Crippen molar-refractivity contribution in [2.75, 3.05) is 22.3 Å². The number of para-hydroxylation sites is 1. The Morgan fingerprint density at radius 3 is 2.45 bits per heavy atom. The molecule has 8 heteroatoms. The van der Waals surface area contributed by atoms with Crippen LogP contribution in [0.3, 0.4) is 0 Å². The Balaban J connectivity index is 1.74. The Morgan fingerprint density at radius 2 is 1.77 bits per heavy atom. The van der Waals surface area contributed by atoms with E-state index in [9.17, 15) is 18.0 Å². The first kappa shape index (κ1) is 21.4. The maximum Gasteiger partial charge on any atom is 0.343 e. The van der Waals surface area contributed by atoms with Gasteiger partial charge in [-0.05, 0) is 62.4 Å². The van der Waals surface area contributed by atoms with Crippen LogP contribution < -0.4 is 9.21 Å². The van der Waals surface area contributed by atoms with Gasteiger partial charge in [0.15, 0.2) is 0 Å². The summed E-state index contributed by atoms with van der Waals surface area (Å²) >= 11 is 0. The smallest absolute Gasteiger partial charge is 0.338 e. The largest absolute Gasteiger partial charge is 0.343 e. The molecular formula is C23H27N3O4S. The fraction of sp³-hybridized carbons (Fsp3) is 0.391. The predicted octanol–water partition coefficient (Wildman–Crippen LogP) is 3.79. The van der Waals surface area contributed by atoms with E-state index in [-0.39, 0.29) is 34.8 Å². The second-order valence-corrected chi connectivity index (χ2v) is 9.81.